The first-order valence-corrected chi connectivity index (χ1v) is 6.83. The standard InChI is InChI=1S/C15H21NO/c1-11-7-8-15(17-12-4-2-5-12)13(10-11)14-6-3-9-16-14/h7-8,10,12,14,16H,2-6,9H2,1H3. The molecule has 1 saturated carbocycles. The van der Waals surface area contributed by atoms with Crippen molar-refractivity contribution in [2.24, 2.45) is 0 Å². The first-order valence-electron chi connectivity index (χ1n) is 6.83. The van der Waals surface area contributed by atoms with Crippen molar-refractivity contribution < 1.29 is 4.74 Å². The van der Waals surface area contributed by atoms with Gasteiger partial charge < -0.3 is 10.1 Å². The van der Waals surface area contributed by atoms with Crippen molar-refractivity contribution in [1.29, 1.82) is 0 Å². The number of benzene rings is 1. The minimum atomic E-state index is 0.470. The summed E-state index contributed by atoms with van der Waals surface area (Å²) in [6.07, 6.45) is 6.77. The quantitative estimate of drug-likeness (QED) is 0.861. The van der Waals surface area contributed by atoms with Crippen LogP contribution in [0.2, 0.25) is 0 Å². The molecule has 0 bridgehead atoms. The van der Waals surface area contributed by atoms with Crippen LogP contribution < -0.4 is 10.1 Å². The summed E-state index contributed by atoms with van der Waals surface area (Å²) in [7, 11) is 0. The second-order valence-electron chi connectivity index (χ2n) is 5.36. The highest BCUT2D eigenvalue weighted by Gasteiger charge is 2.24. The van der Waals surface area contributed by atoms with Gasteiger partial charge in [0.05, 0.1) is 6.10 Å². The van der Waals surface area contributed by atoms with Gasteiger partial charge in [-0.05, 0) is 51.6 Å². The fraction of sp³-hybridized carbons (Fsp3) is 0.600. The molecule has 1 N–H and O–H groups in total. The monoisotopic (exact) mass is 231 g/mol. The zero-order valence-electron chi connectivity index (χ0n) is 10.5. The van der Waals surface area contributed by atoms with E-state index >= 15 is 0 Å². The van der Waals surface area contributed by atoms with E-state index in [1.807, 2.05) is 0 Å². The lowest BCUT2D eigenvalue weighted by Crippen LogP contribution is -2.26. The number of hydrogen-bond donors (Lipinski definition) is 1. The Morgan fingerprint density at radius 2 is 2.06 bits per heavy atom. The Kier molecular flexibility index (Phi) is 3.06. The van der Waals surface area contributed by atoms with Crippen molar-refractivity contribution in [3.05, 3.63) is 29.3 Å². The van der Waals surface area contributed by atoms with Gasteiger partial charge in [-0.25, -0.2) is 0 Å². The number of ether oxygens (including phenoxy) is 1. The lowest BCUT2D eigenvalue weighted by molar-refractivity contribution is 0.118. The van der Waals surface area contributed by atoms with Crippen LogP contribution in [0.25, 0.3) is 0 Å². The van der Waals surface area contributed by atoms with Crippen LogP contribution in [0.5, 0.6) is 5.75 Å². The average molecular weight is 231 g/mol. The van der Waals surface area contributed by atoms with E-state index in [0.717, 1.165) is 12.3 Å². The molecular weight excluding hydrogens is 210 g/mol. The molecule has 0 radical (unpaired) electrons. The van der Waals surface area contributed by atoms with Crippen LogP contribution in [-0.4, -0.2) is 12.6 Å². The highest BCUT2D eigenvalue weighted by atomic mass is 16.5. The topological polar surface area (TPSA) is 21.3 Å². The molecule has 17 heavy (non-hydrogen) atoms. The summed E-state index contributed by atoms with van der Waals surface area (Å²) in [5.74, 6) is 1.11. The molecule has 2 heteroatoms. The van der Waals surface area contributed by atoms with Gasteiger partial charge in [-0.3, -0.25) is 0 Å². The molecule has 1 unspecified atom stereocenters. The molecular formula is C15H21NO. The normalized spacial score (nSPS) is 24.6. The lowest BCUT2D eigenvalue weighted by Gasteiger charge is -2.28. The second-order valence-corrected chi connectivity index (χ2v) is 5.36. The summed E-state index contributed by atoms with van der Waals surface area (Å²) in [4.78, 5) is 0. The Hall–Kier alpha value is -1.02. The van der Waals surface area contributed by atoms with Crippen LogP contribution in [0.1, 0.15) is 49.3 Å². The van der Waals surface area contributed by atoms with Crippen LogP contribution in [-0.2, 0) is 0 Å². The van der Waals surface area contributed by atoms with Crippen molar-refractivity contribution in [3.63, 3.8) is 0 Å². The van der Waals surface area contributed by atoms with E-state index in [1.54, 1.807) is 0 Å². The molecule has 1 heterocycles. The van der Waals surface area contributed by atoms with Crippen LogP contribution in [0.4, 0.5) is 0 Å². The molecule has 2 nitrogen and oxygen atoms in total. The predicted octanol–water partition coefficient (Wildman–Crippen LogP) is 3.35. The van der Waals surface area contributed by atoms with Crippen LogP contribution >= 0.6 is 0 Å². The molecule has 1 saturated heterocycles. The van der Waals surface area contributed by atoms with Gasteiger partial charge >= 0.3 is 0 Å². The Labute approximate surface area is 103 Å². The molecule has 0 aromatic heterocycles. The molecule has 0 amide bonds. The van der Waals surface area contributed by atoms with E-state index in [1.165, 1.54) is 43.2 Å². The maximum absolute atomic E-state index is 6.11. The molecule has 1 aliphatic carbocycles. The Balaban J connectivity index is 1.84. The van der Waals surface area contributed by atoms with Gasteiger partial charge in [-0.2, -0.15) is 0 Å². The van der Waals surface area contributed by atoms with Crippen LogP contribution in [0.15, 0.2) is 18.2 Å². The number of nitrogens with one attached hydrogen (secondary N) is 1. The van der Waals surface area contributed by atoms with Crippen molar-refractivity contribution in [2.75, 3.05) is 6.54 Å². The zero-order chi connectivity index (χ0) is 11.7. The zero-order valence-corrected chi connectivity index (χ0v) is 10.5. The van der Waals surface area contributed by atoms with Gasteiger partial charge in [0.1, 0.15) is 5.75 Å². The number of aryl methyl sites for hydroxylation is 1. The molecule has 3 rings (SSSR count). The molecule has 2 fully saturated rings. The Morgan fingerprint density at radius 1 is 1.18 bits per heavy atom. The van der Waals surface area contributed by atoms with Gasteiger partial charge in [0.15, 0.2) is 0 Å². The highest BCUT2D eigenvalue weighted by Crippen LogP contribution is 2.34. The highest BCUT2D eigenvalue weighted by molar-refractivity contribution is 5.39. The summed E-state index contributed by atoms with van der Waals surface area (Å²) in [5.41, 5.74) is 2.70. The molecule has 1 aliphatic heterocycles. The maximum Gasteiger partial charge on any atom is 0.124 e. The third-order valence-electron chi connectivity index (χ3n) is 3.95. The van der Waals surface area contributed by atoms with Crippen LogP contribution in [0, 0.1) is 6.92 Å². The molecule has 1 aromatic rings. The largest absolute Gasteiger partial charge is 0.490 e. The second kappa shape index (κ2) is 4.69. The average Bonchev–Trinajstić information content (AvgIpc) is 2.78. The smallest absolute Gasteiger partial charge is 0.124 e. The lowest BCUT2D eigenvalue weighted by atomic mass is 9.95. The fourth-order valence-electron chi connectivity index (χ4n) is 2.67. The first kappa shape index (κ1) is 11.1. The summed E-state index contributed by atoms with van der Waals surface area (Å²) < 4.78 is 6.11. The first-order chi connectivity index (χ1) is 8.33. The predicted molar refractivity (Wildman–Crippen MR) is 69.4 cm³/mol. The van der Waals surface area contributed by atoms with Crippen molar-refractivity contribution in [3.8, 4) is 5.75 Å². The van der Waals surface area contributed by atoms with E-state index in [2.05, 4.69) is 30.4 Å². The Bertz CT molecular complexity index is 392. The van der Waals surface area contributed by atoms with Crippen LogP contribution in [0.3, 0.4) is 0 Å². The van der Waals surface area contributed by atoms with E-state index in [-0.39, 0.29) is 0 Å². The molecule has 2 aliphatic rings. The van der Waals surface area contributed by atoms with Gasteiger partial charge in [0, 0.05) is 11.6 Å². The molecule has 1 aromatic carbocycles. The van der Waals surface area contributed by atoms with Gasteiger partial charge in [-0.15, -0.1) is 0 Å². The van der Waals surface area contributed by atoms with E-state index in [0.29, 0.717) is 12.1 Å². The van der Waals surface area contributed by atoms with Crippen molar-refractivity contribution in [2.45, 2.75) is 51.2 Å². The number of hydrogen-bond acceptors (Lipinski definition) is 2. The van der Waals surface area contributed by atoms with Gasteiger partial charge in [0.25, 0.3) is 0 Å². The molecule has 0 spiro atoms. The van der Waals surface area contributed by atoms with E-state index < -0.39 is 0 Å². The van der Waals surface area contributed by atoms with Gasteiger partial charge in [0.2, 0.25) is 0 Å². The fourth-order valence-corrected chi connectivity index (χ4v) is 2.67. The van der Waals surface area contributed by atoms with E-state index in [4.69, 9.17) is 4.74 Å². The van der Waals surface area contributed by atoms with Crippen molar-refractivity contribution >= 4 is 0 Å². The Morgan fingerprint density at radius 3 is 2.71 bits per heavy atom. The minimum absolute atomic E-state index is 0.470. The number of rotatable bonds is 3. The molecule has 1 atom stereocenters. The van der Waals surface area contributed by atoms with Gasteiger partial charge in [-0.1, -0.05) is 17.7 Å². The SMILES string of the molecule is Cc1ccc(OC2CCC2)c(C2CCCN2)c1. The summed E-state index contributed by atoms with van der Waals surface area (Å²) in [5, 5.41) is 3.57. The maximum atomic E-state index is 6.11. The third-order valence-corrected chi connectivity index (χ3v) is 3.95. The summed E-state index contributed by atoms with van der Waals surface area (Å²) in [6.45, 7) is 3.30. The van der Waals surface area contributed by atoms with Crippen molar-refractivity contribution in [1.82, 2.24) is 5.32 Å². The van der Waals surface area contributed by atoms with E-state index in [9.17, 15) is 0 Å². The molecule has 92 valence electrons. The summed E-state index contributed by atoms with van der Waals surface area (Å²) in [6, 6.07) is 7.11. The third kappa shape index (κ3) is 2.32. The summed E-state index contributed by atoms with van der Waals surface area (Å²) >= 11 is 0. The minimum Gasteiger partial charge on any atom is -0.490 e.